The van der Waals surface area contributed by atoms with Gasteiger partial charge in [0, 0.05) is 4.88 Å². The molecule has 1 aromatic heterocycles. The summed E-state index contributed by atoms with van der Waals surface area (Å²) in [5.74, 6) is 0. The van der Waals surface area contributed by atoms with Crippen molar-refractivity contribution in [3.05, 3.63) is 57.8 Å². The highest BCUT2D eigenvalue weighted by molar-refractivity contribution is 7.10. The van der Waals surface area contributed by atoms with E-state index >= 15 is 0 Å². The Morgan fingerprint density at radius 3 is 2.80 bits per heavy atom. The van der Waals surface area contributed by atoms with Crippen LogP contribution in [-0.2, 0) is 0 Å². The van der Waals surface area contributed by atoms with Crippen molar-refractivity contribution in [3.63, 3.8) is 0 Å². The third kappa shape index (κ3) is 2.55. The minimum atomic E-state index is 0.698. The van der Waals surface area contributed by atoms with Crippen molar-refractivity contribution in [1.82, 2.24) is 0 Å². The molecule has 0 aliphatic rings. The van der Waals surface area contributed by atoms with Gasteiger partial charge in [0.2, 0.25) is 0 Å². The third-order valence-electron chi connectivity index (χ3n) is 2.00. The van der Waals surface area contributed by atoms with Gasteiger partial charge < -0.3 is 0 Å². The molecule has 0 saturated carbocycles. The lowest BCUT2D eigenvalue weighted by Crippen LogP contribution is -1.75. The number of nitriles is 1. The molecule has 0 radical (unpaired) electrons. The largest absolute Gasteiger partial charge is 0.192 e. The van der Waals surface area contributed by atoms with Crippen molar-refractivity contribution in [2.24, 2.45) is 0 Å². The van der Waals surface area contributed by atoms with Gasteiger partial charge in [0.1, 0.15) is 0 Å². The van der Waals surface area contributed by atoms with Crippen molar-refractivity contribution in [2.75, 3.05) is 0 Å². The van der Waals surface area contributed by atoms with E-state index in [1.165, 1.54) is 4.88 Å². The SMILES string of the molecule is N#Cc1cccc(/C=C/c2cccs2)c1. The molecule has 72 valence electrons. The highest BCUT2D eigenvalue weighted by Gasteiger charge is 1.91. The second-order valence-electron chi connectivity index (χ2n) is 3.09. The molecule has 0 atom stereocenters. The lowest BCUT2D eigenvalue weighted by atomic mass is 10.1. The van der Waals surface area contributed by atoms with E-state index in [-0.39, 0.29) is 0 Å². The van der Waals surface area contributed by atoms with Crippen LogP contribution in [-0.4, -0.2) is 0 Å². The smallest absolute Gasteiger partial charge is 0.0991 e. The number of hydrogen-bond donors (Lipinski definition) is 0. The summed E-state index contributed by atoms with van der Waals surface area (Å²) in [5.41, 5.74) is 1.76. The Balaban J connectivity index is 2.21. The maximum Gasteiger partial charge on any atom is 0.0991 e. The normalized spacial score (nSPS) is 10.3. The van der Waals surface area contributed by atoms with Crippen LogP contribution in [0.25, 0.3) is 12.2 Å². The summed E-state index contributed by atoms with van der Waals surface area (Å²) in [5, 5.41) is 10.8. The fourth-order valence-electron chi connectivity index (χ4n) is 1.28. The van der Waals surface area contributed by atoms with Crippen molar-refractivity contribution in [1.29, 1.82) is 5.26 Å². The van der Waals surface area contributed by atoms with E-state index < -0.39 is 0 Å². The first kappa shape index (κ1) is 9.70. The molecule has 15 heavy (non-hydrogen) atoms. The van der Waals surface area contributed by atoms with Gasteiger partial charge in [-0.1, -0.05) is 24.3 Å². The Labute approximate surface area is 92.9 Å². The van der Waals surface area contributed by atoms with E-state index in [1.807, 2.05) is 41.8 Å². The van der Waals surface area contributed by atoms with E-state index in [9.17, 15) is 0 Å². The van der Waals surface area contributed by atoms with Crippen molar-refractivity contribution >= 4 is 23.5 Å². The van der Waals surface area contributed by atoms with Gasteiger partial charge in [-0.2, -0.15) is 5.26 Å². The summed E-state index contributed by atoms with van der Waals surface area (Å²) >= 11 is 1.70. The Bertz CT molecular complexity index is 504. The van der Waals surface area contributed by atoms with Crippen LogP contribution in [0, 0.1) is 11.3 Å². The van der Waals surface area contributed by atoms with Crippen molar-refractivity contribution in [2.45, 2.75) is 0 Å². The summed E-state index contributed by atoms with van der Waals surface area (Å²) in [4.78, 5) is 1.22. The molecule has 0 amide bonds. The molecule has 0 aliphatic carbocycles. The maximum atomic E-state index is 8.74. The first-order chi connectivity index (χ1) is 7.38. The Kier molecular flexibility index (Phi) is 2.96. The van der Waals surface area contributed by atoms with E-state index in [1.54, 1.807) is 11.3 Å². The molecule has 2 aromatic rings. The predicted molar refractivity (Wildman–Crippen MR) is 64.4 cm³/mol. The average molecular weight is 211 g/mol. The second kappa shape index (κ2) is 4.59. The second-order valence-corrected chi connectivity index (χ2v) is 4.07. The van der Waals surface area contributed by atoms with Crippen LogP contribution in [0.4, 0.5) is 0 Å². The van der Waals surface area contributed by atoms with Crippen LogP contribution in [0.1, 0.15) is 16.0 Å². The van der Waals surface area contributed by atoms with Crippen LogP contribution >= 0.6 is 11.3 Å². The van der Waals surface area contributed by atoms with Crippen LogP contribution in [0.15, 0.2) is 41.8 Å². The molecule has 1 nitrogen and oxygen atoms in total. The molecule has 0 spiro atoms. The number of rotatable bonds is 2. The molecule has 2 rings (SSSR count). The van der Waals surface area contributed by atoms with Crippen molar-refractivity contribution < 1.29 is 0 Å². The molecule has 0 unspecified atom stereocenters. The molecule has 0 bridgehead atoms. The third-order valence-corrected chi connectivity index (χ3v) is 2.84. The minimum absolute atomic E-state index is 0.698. The molecule has 0 N–H and O–H groups in total. The van der Waals surface area contributed by atoms with Gasteiger partial charge in [0.25, 0.3) is 0 Å². The van der Waals surface area contributed by atoms with E-state index in [4.69, 9.17) is 5.26 Å². The van der Waals surface area contributed by atoms with Crippen LogP contribution in [0.5, 0.6) is 0 Å². The van der Waals surface area contributed by atoms with Gasteiger partial charge in [-0.3, -0.25) is 0 Å². The van der Waals surface area contributed by atoms with Crippen LogP contribution < -0.4 is 0 Å². The van der Waals surface area contributed by atoms with Gasteiger partial charge in [0.05, 0.1) is 11.6 Å². The summed E-state index contributed by atoms with van der Waals surface area (Å²) in [7, 11) is 0. The molecule has 0 aliphatic heterocycles. The predicted octanol–water partition coefficient (Wildman–Crippen LogP) is 3.79. The topological polar surface area (TPSA) is 23.8 Å². The zero-order chi connectivity index (χ0) is 10.5. The number of hydrogen-bond acceptors (Lipinski definition) is 2. The molecule has 1 aromatic carbocycles. The first-order valence-electron chi connectivity index (χ1n) is 4.60. The Hall–Kier alpha value is -1.85. The quantitative estimate of drug-likeness (QED) is 0.741. The maximum absolute atomic E-state index is 8.74. The molecule has 2 heteroatoms. The lowest BCUT2D eigenvalue weighted by molar-refractivity contribution is 1.48. The highest BCUT2D eigenvalue weighted by atomic mass is 32.1. The number of thiophene rings is 1. The molecular weight excluding hydrogens is 202 g/mol. The first-order valence-corrected chi connectivity index (χ1v) is 5.48. The lowest BCUT2D eigenvalue weighted by Gasteiger charge is -1.92. The summed E-state index contributed by atoms with van der Waals surface area (Å²) in [6, 6.07) is 13.8. The number of benzene rings is 1. The standard InChI is InChI=1S/C13H9NS/c14-10-12-4-1-3-11(9-12)6-7-13-5-2-8-15-13/h1-9H/b7-6+. The van der Waals surface area contributed by atoms with E-state index in [0.717, 1.165) is 5.56 Å². The van der Waals surface area contributed by atoms with Gasteiger partial charge in [0.15, 0.2) is 0 Å². The van der Waals surface area contributed by atoms with E-state index in [2.05, 4.69) is 18.2 Å². The average Bonchev–Trinajstić information content (AvgIpc) is 2.79. The van der Waals surface area contributed by atoms with Gasteiger partial charge in [-0.25, -0.2) is 0 Å². The Morgan fingerprint density at radius 1 is 1.13 bits per heavy atom. The minimum Gasteiger partial charge on any atom is -0.192 e. The summed E-state index contributed by atoms with van der Waals surface area (Å²) in [6.07, 6.45) is 4.08. The van der Waals surface area contributed by atoms with Gasteiger partial charge in [-0.05, 0) is 35.2 Å². The number of nitrogens with zero attached hydrogens (tertiary/aromatic N) is 1. The molecule has 1 heterocycles. The fraction of sp³-hybridized carbons (Fsp3) is 0. The summed E-state index contributed by atoms with van der Waals surface area (Å²) < 4.78 is 0. The van der Waals surface area contributed by atoms with Crippen molar-refractivity contribution in [3.8, 4) is 6.07 Å². The van der Waals surface area contributed by atoms with Gasteiger partial charge >= 0.3 is 0 Å². The fourth-order valence-corrected chi connectivity index (χ4v) is 1.89. The Morgan fingerprint density at radius 2 is 2.07 bits per heavy atom. The molecule has 0 fully saturated rings. The molecular formula is C13H9NS. The highest BCUT2D eigenvalue weighted by Crippen LogP contribution is 2.13. The van der Waals surface area contributed by atoms with Crippen LogP contribution in [0.3, 0.4) is 0 Å². The van der Waals surface area contributed by atoms with E-state index in [0.29, 0.717) is 5.56 Å². The molecule has 0 saturated heterocycles. The monoisotopic (exact) mass is 211 g/mol. The van der Waals surface area contributed by atoms with Gasteiger partial charge in [-0.15, -0.1) is 11.3 Å². The van der Waals surface area contributed by atoms with Crippen LogP contribution in [0.2, 0.25) is 0 Å². The zero-order valence-electron chi connectivity index (χ0n) is 8.05. The summed E-state index contributed by atoms with van der Waals surface area (Å²) in [6.45, 7) is 0. The zero-order valence-corrected chi connectivity index (χ0v) is 8.87.